The number of allylic oxidation sites excluding steroid dienone is 8. The maximum absolute atomic E-state index is 17.0. The SMILES string of the molecule is N#CC(C#N)=C1C(c2cc(F)c(C#N)cc2F)=C(C#N)c2c1cc1c(c2F)C(=C(C#N)C#N)C(c2ccc(F)nc2C#N)=C1C#N. The Morgan fingerprint density at radius 1 is 0.543 bits per heavy atom. The lowest BCUT2D eigenvalue weighted by molar-refractivity contribution is 0.582. The van der Waals surface area contributed by atoms with Crippen LogP contribution in [-0.4, -0.2) is 4.98 Å². The third-order valence-electron chi connectivity index (χ3n) is 7.16. The smallest absolute Gasteiger partial charge is 0.208 e. The molecule has 13 heteroatoms. The zero-order chi connectivity index (χ0) is 33.4. The van der Waals surface area contributed by atoms with Crippen LogP contribution in [0.25, 0.3) is 33.4 Å². The molecule has 1 heterocycles. The lowest BCUT2D eigenvalue weighted by Crippen LogP contribution is -2.01. The van der Waals surface area contributed by atoms with Crippen molar-refractivity contribution < 1.29 is 17.6 Å². The third-order valence-corrected chi connectivity index (χ3v) is 7.16. The summed E-state index contributed by atoms with van der Waals surface area (Å²) in [5.41, 5.74) is -8.66. The summed E-state index contributed by atoms with van der Waals surface area (Å²) in [4.78, 5) is 3.48. The Kier molecular flexibility index (Phi) is 7.17. The number of hydrogen-bond acceptors (Lipinski definition) is 9. The molecule has 210 valence electrons. The van der Waals surface area contributed by atoms with Gasteiger partial charge in [0.15, 0.2) is 5.69 Å². The molecule has 9 nitrogen and oxygen atoms in total. The molecule has 2 aliphatic carbocycles. The van der Waals surface area contributed by atoms with E-state index in [0.717, 1.165) is 18.2 Å². The number of pyridine rings is 1. The fraction of sp³-hybridized carbons (Fsp3) is 0. The van der Waals surface area contributed by atoms with Crippen molar-refractivity contribution in [3.8, 4) is 48.6 Å². The first-order valence-electron chi connectivity index (χ1n) is 12.4. The number of rotatable bonds is 2. The lowest BCUT2D eigenvalue weighted by Gasteiger charge is -2.13. The molecular formula is C33H5F4N9. The highest BCUT2D eigenvalue weighted by Crippen LogP contribution is 2.56. The third kappa shape index (κ3) is 4.05. The van der Waals surface area contributed by atoms with Crippen LogP contribution in [0.1, 0.15) is 44.6 Å². The maximum Gasteiger partial charge on any atom is 0.214 e. The van der Waals surface area contributed by atoms with Crippen molar-refractivity contribution >= 4 is 33.4 Å². The Morgan fingerprint density at radius 2 is 1.15 bits per heavy atom. The quantitative estimate of drug-likeness (QED) is 0.195. The number of nitrogens with zero attached hydrogens (tertiary/aromatic N) is 9. The first kappa shape index (κ1) is 29.7. The van der Waals surface area contributed by atoms with E-state index in [1.54, 1.807) is 36.4 Å². The van der Waals surface area contributed by atoms with Crippen LogP contribution in [0.15, 0.2) is 41.5 Å². The van der Waals surface area contributed by atoms with Crippen molar-refractivity contribution in [1.29, 1.82) is 42.1 Å². The second-order valence-corrected chi connectivity index (χ2v) is 9.27. The largest absolute Gasteiger partial charge is 0.214 e. The van der Waals surface area contributed by atoms with Gasteiger partial charge in [-0.15, -0.1) is 0 Å². The lowest BCUT2D eigenvalue weighted by atomic mass is 9.89. The molecule has 0 atom stereocenters. The van der Waals surface area contributed by atoms with Crippen LogP contribution in [-0.2, 0) is 0 Å². The van der Waals surface area contributed by atoms with Crippen molar-refractivity contribution in [2.45, 2.75) is 0 Å². The number of aromatic nitrogens is 1. The highest BCUT2D eigenvalue weighted by Gasteiger charge is 2.42. The van der Waals surface area contributed by atoms with Gasteiger partial charge < -0.3 is 0 Å². The summed E-state index contributed by atoms with van der Waals surface area (Å²) in [6.07, 6.45) is 0. The number of nitriles is 8. The van der Waals surface area contributed by atoms with E-state index >= 15 is 8.78 Å². The minimum Gasteiger partial charge on any atom is -0.208 e. The molecule has 1 aromatic heterocycles. The van der Waals surface area contributed by atoms with Crippen LogP contribution in [0.3, 0.4) is 0 Å². The molecule has 0 bridgehead atoms. The van der Waals surface area contributed by atoms with Crippen molar-refractivity contribution in [1.82, 2.24) is 4.98 Å². The Bertz CT molecular complexity index is 2460. The Hall–Kier alpha value is -7.81. The van der Waals surface area contributed by atoms with Crippen molar-refractivity contribution in [3.63, 3.8) is 0 Å². The molecule has 0 saturated carbocycles. The van der Waals surface area contributed by atoms with Gasteiger partial charge in [0.2, 0.25) is 5.95 Å². The maximum atomic E-state index is 17.0. The first-order chi connectivity index (χ1) is 22.1. The Balaban J connectivity index is 2.01. The molecule has 0 fully saturated rings. The Morgan fingerprint density at radius 3 is 1.72 bits per heavy atom. The number of fused-ring (bicyclic) bond motifs is 2. The van der Waals surface area contributed by atoms with Gasteiger partial charge in [-0.3, -0.25) is 0 Å². The van der Waals surface area contributed by atoms with Gasteiger partial charge in [0.25, 0.3) is 0 Å². The van der Waals surface area contributed by atoms with Gasteiger partial charge in [-0.05, 0) is 35.9 Å². The van der Waals surface area contributed by atoms with E-state index in [2.05, 4.69) is 4.98 Å². The normalized spacial score (nSPS) is 12.3. The van der Waals surface area contributed by atoms with Crippen LogP contribution in [0.4, 0.5) is 17.6 Å². The molecule has 0 saturated heterocycles. The van der Waals surface area contributed by atoms with E-state index in [1.807, 2.05) is 6.07 Å². The highest BCUT2D eigenvalue weighted by molar-refractivity contribution is 6.30. The molecule has 46 heavy (non-hydrogen) atoms. The second kappa shape index (κ2) is 11.1. The monoisotopic (exact) mass is 603 g/mol. The van der Waals surface area contributed by atoms with Gasteiger partial charge in [-0.25, -0.2) is 18.2 Å². The summed E-state index contributed by atoms with van der Waals surface area (Å²) in [6.45, 7) is 0. The molecule has 0 unspecified atom stereocenters. The van der Waals surface area contributed by atoms with E-state index in [1.165, 1.54) is 6.07 Å². The predicted molar refractivity (Wildman–Crippen MR) is 148 cm³/mol. The number of hydrogen-bond donors (Lipinski definition) is 0. The summed E-state index contributed by atoms with van der Waals surface area (Å²) in [6, 6.07) is 16.9. The fourth-order valence-electron chi connectivity index (χ4n) is 5.40. The standard InChI is InChI=1S/C33H5F4N9/c34-23-5-19(24(35)3-14(23)6-38)30-22(12-44)31-20(27(30)15(7-39)8-40)4-18-21(11-43)29(17-1-2-26(36)46-25(17)13-45)28(16(9-41)10-42)32(18)33(31)37/h1-5H. The van der Waals surface area contributed by atoms with Gasteiger partial charge in [-0.2, -0.15) is 46.5 Å². The van der Waals surface area contributed by atoms with Gasteiger partial charge >= 0.3 is 0 Å². The van der Waals surface area contributed by atoms with Crippen LogP contribution < -0.4 is 0 Å². The molecule has 3 aromatic rings. The Labute approximate surface area is 256 Å². The molecule has 0 amide bonds. The van der Waals surface area contributed by atoms with E-state index in [-0.39, 0.29) is 22.3 Å². The molecule has 0 spiro atoms. The van der Waals surface area contributed by atoms with Gasteiger partial charge in [0, 0.05) is 50.1 Å². The van der Waals surface area contributed by atoms with Crippen molar-refractivity contribution in [2.24, 2.45) is 0 Å². The molecule has 0 aliphatic heterocycles. The molecular weight excluding hydrogens is 598 g/mol. The first-order valence-corrected chi connectivity index (χ1v) is 12.4. The molecule has 0 radical (unpaired) electrons. The highest BCUT2D eigenvalue weighted by atomic mass is 19.1. The zero-order valence-electron chi connectivity index (χ0n) is 22.4. The molecule has 2 aliphatic rings. The minimum absolute atomic E-state index is 0.244. The molecule has 2 aromatic carbocycles. The fourth-order valence-corrected chi connectivity index (χ4v) is 5.40. The summed E-state index contributed by atoms with van der Waals surface area (Å²) in [7, 11) is 0. The van der Waals surface area contributed by atoms with Gasteiger partial charge in [0.1, 0.15) is 77.2 Å². The molecule has 0 N–H and O–H groups in total. The molecule has 5 rings (SSSR count). The van der Waals surface area contributed by atoms with E-state index in [0.29, 0.717) is 12.1 Å². The number of halogens is 4. The topological polar surface area (TPSA) is 203 Å². The predicted octanol–water partition coefficient (Wildman–Crippen LogP) is 5.88. The van der Waals surface area contributed by atoms with Crippen molar-refractivity contribution in [2.75, 3.05) is 0 Å². The van der Waals surface area contributed by atoms with E-state index in [9.17, 15) is 45.6 Å². The summed E-state index contributed by atoms with van der Waals surface area (Å²) < 4.78 is 61.0. The summed E-state index contributed by atoms with van der Waals surface area (Å²) >= 11 is 0. The second-order valence-electron chi connectivity index (χ2n) is 9.27. The summed E-state index contributed by atoms with van der Waals surface area (Å²) in [5.74, 6) is -4.91. The van der Waals surface area contributed by atoms with Crippen LogP contribution in [0, 0.1) is 114 Å². The van der Waals surface area contributed by atoms with E-state index in [4.69, 9.17) is 5.26 Å². The zero-order valence-corrected chi connectivity index (χ0v) is 22.4. The minimum atomic E-state index is -1.35. The average Bonchev–Trinajstić information content (AvgIpc) is 3.56. The van der Waals surface area contributed by atoms with Crippen molar-refractivity contribution in [3.05, 3.63) is 110 Å². The van der Waals surface area contributed by atoms with Crippen LogP contribution in [0.2, 0.25) is 0 Å². The summed E-state index contributed by atoms with van der Waals surface area (Å²) in [5, 5.41) is 78.5. The number of benzene rings is 2. The van der Waals surface area contributed by atoms with Gasteiger partial charge in [0.05, 0.1) is 16.7 Å². The average molecular weight is 603 g/mol. The van der Waals surface area contributed by atoms with Crippen LogP contribution in [0.5, 0.6) is 0 Å². The van der Waals surface area contributed by atoms with E-state index < -0.39 is 90.4 Å². The van der Waals surface area contributed by atoms with Gasteiger partial charge in [-0.1, -0.05) is 0 Å². The van der Waals surface area contributed by atoms with Crippen LogP contribution >= 0.6 is 0 Å².